The molecule has 118 valence electrons. The van der Waals surface area contributed by atoms with E-state index in [1.54, 1.807) is 6.26 Å². The maximum atomic E-state index is 5.48. The Morgan fingerprint density at radius 3 is 2.71 bits per heavy atom. The molecule has 4 nitrogen and oxygen atoms in total. The highest BCUT2D eigenvalue weighted by Gasteiger charge is 2.36. The van der Waals surface area contributed by atoms with E-state index in [1.807, 2.05) is 13.2 Å². The molecule has 1 aliphatic heterocycles. The van der Waals surface area contributed by atoms with Gasteiger partial charge in [-0.2, -0.15) is 0 Å². The minimum Gasteiger partial charge on any atom is -0.468 e. The molecule has 0 amide bonds. The molecule has 0 aromatic carbocycles. The Morgan fingerprint density at radius 2 is 2.10 bits per heavy atom. The van der Waals surface area contributed by atoms with Gasteiger partial charge < -0.3 is 14.5 Å². The van der Waals surface area contributed by atoms with Gasteiger partial charge in [-0.15, -0.1) is 0 Å². The molecule has 1 aromatic rings. The number of nitrogens with zero attached hydrogens (tertiary/aromatic N) is 1. The fourth-order valence-corrected chi connectivity index (χ4v) is 3.95. The molecule has 0 unspecified atom stereocenters. The molecule has 2 fully saturated rings. The van der Waals surface area contributed by atoms with Crippen molar-refractivity contribution in [1.29, 1.82) is 0 Å². The van der Waals surface area contributed by atoms with Gasteiger partial charge in [-0.1, -0.05) is 12.8 Å². The van der Waals surface area contributed by atoms with Crippen molar-refractivity contribution in [3.63, 3.8) is 0 Å². The minimum absolute atomic E-state index is 0.253. The van der Waals surface area contributed by atoms with E-state index >= 15 is 0 Å². The van der Waals surface area contributed by atoms with E-state index in [-0.39, 0.29) is 5.54 Å². The zero-order valence-electron chi connectivity index (χ0n) is 13.1. The van der Waals surface area contributed by atoms with Gasteiger partial charge in [-0.05, 0) is 37.8 Å². The lowest BCUT2D eigenvalue weighted by atomic mass is 9.94. The summed E-state index contributed by atoms with van der Waals surface area (Å²) in [6.45, 7) is 4.12. The second kappa shape index (κ2) is 6.95. The second-order valence-electron chi connectivity index (χ2n) is 6.69. The first-order valence-corrected chi connectivity index (χ1v) is 8.31. The van der Waals surface area contributed by atoms with Crippen molar-refractivity contribution >= 4 is 0 Å². The number of rotatable bonds is 6. The van der Waals surface area contributed by atoms with Crippen LogP contribution in [-0.4, -0.2) is 43.3 Å². The van der Waals surface area contributed by atoms with Gasteiger partial charge in [0.2, 0.25) is 0 Å². The van der Waals surface area contributed by atoms with E-state index in [2.05, 4.69) is 16.3 Å². The molecule has 1 saturated heterocycles. The fourth-order valence-electron chi connectivity index (χ4n) is 3.95. The number of ether oxygens (including phenoxy) is 1. The van der Waals surface area contributed by atoms with Crippen molar-refractivity contribution in [2.75, 3.05) is 26.8 Å². The van der Waals surface area contributed by atoms with Crippen molar-refractivity contribution in [2.45, 2.75) is 56.7 Å². The first kappa shape index (κ1) is 15.1. The van der Waals surface area contributed by atoms with Gasteiger partial charge >= 0.3 is 0 Å². The summed E-state index contributed by atoms with van der Waals surface area (Å²) in [6.07, 6.45) is 9.44. The largest absolute Gasteiger partial charge is 0.468 e. The monoisotopic (exact) mass is 292 g/mol. The van der Waals surface area contributed by atoms with Crippen LogP contribution in [-0.2, 0) is 11.3 Å². The molecule has 1 aromatic heterocycles. The normalized spacial score (nSPS) is 23.7. The topological polar surface area (TPSA) is 37.6 Å². The average molecular weight is 292 g/mol. The van der Waals surface area contributed by atoms with Gasteiger partial charge in [0, 0.05) is 31.8 Å². The summed E-state index contributed by atoms with van der Waals surface area (Å²) in [6, 6.07) is 4.68. The van der Waals surface area contributed by atoms with Gasteiger partial charge in [-0.25, -0.2) is 0 Å². The van der Waals surface area contributed by atoms with Gasteiger partial charge in [0.25, 0.3) is 0 Å². The lowest BCUT2D eigenvalue weighted by Gasteiger charge is -2.39. The number of likely N-dealkylation sites (tertiary alicyclic amines) is 1. The number of nitrogens with one attached hydrogen (secondary N) is 1. The molecular formula is C17H28N2O2. The van der Waals surface area contributed by atoms with E-state index in [0.29, 0.717) is 6.04 Å². The van der Waals surface area contributed by atoms with Crippen LogP contribution in [0.25, 0.3) is 0 Å². The Morgan fingerprint density at radius 1 is 1.33 bits per heavy atom. The van der Waals surface area contributed by atoms with Crippen LogP contribution in [0, 0.1) is 0 Å². The maximum absolute atomic E-state index is 5.48. The summed E-state index contributed by atoms with van der Waals surface area (Å²) in [5.74, 6) is 1.08. The molecule has 0 atom stereocenters. The van der Waals surface area contributed by atoms with E-state index in [0.717, 1.165) is 32.0 Å². The maximum Gasteiger partial charge on any atom is 0.117 e. The molecule has 3 rings (SSSR count). The van der Waals surface area contributed by atoms with Gasteiger partial charge in [0.05, 0.1) is 19.4 Å². The third kappa shape index (κ3) is 3.87. The molecule has 21 heavy (non-hydrogen) atoms. The SMILES string of the molecule is COCC1(NC2CCN(Cc3ccco3)CC2)CCCC1. The summed E-state index contributed by atoms with van der Waals surface area (Å²) >= 11 is 0. The van der Waals surface area contributed by atoms with Crippen LogP contribution in [0.15, 0.2) is 22.8 Å². The molecular weight excluding hydrogens is 264 g/mol. The molecule has 4 heteroatoms. The van der Waals surface area contributed by atoms with Crippen molar-refractivity contribution in [3.8, 4) is 0 Å². The predicted molar refractivity (Wildman–Crippen MR) is 83.2 cm³/mol. The standard InChI is InChI=1S/C17H28N2O2/c1-20-14-17(8-2-3-9-17)18-15-6-10-19(11-7-15)13-16-5-4-12-21-16/h4-5,12,15,18H,2-3,6-11,13-14H2,1H3. The summed E-state index contributed by atoms with van der Waals surface area (Å²) in [5, 5.41) is 3.94. The van der Waals surface area contributed by atoms with Crippen molar-refractivity contribution < 1.29 is 9.15 Å². The number of hydrogen-bond acceptors (Lipinski definition) is 4. The number of furan rings is 1. The van der Waals surface area contributed by atoms with Crippen molar-refractivity contribution in [1.82, 2.24) is 10.2 Å². The minimum atomic E-state index is 0.253. The van der Waals surface area contributed by atoms with Crippen LogP contribution in [0.5, 0.6) is 0 Å². The highest BCUT2D eigenvalue weighted by Crippen LogP contribution is 2.31. The molecule has 2 heterocycles. The Kier molecular flexibility index (Phi) is 4.99. The molecule has 1 saturated carbocycles. The Hall–Kier alpha value is -0.840. The molecule has 0 radical (unpaired) electrons. The Labute approximate surface area is 127 Å². The number of piperidine rings is 1. The summed E-state index contributed by atoms with van der Waals surface area (Å²) in [7, 11) is 1.83. The first-order chi connectivity index (χ1) is 10.3. The van der Waals surface area contributed by atoms with E-state index in [9.17, 15) is 0 Å². The average Bonchev–Trinajstić information content (AvgIpc) is 3.14. The van der Waals surface area contributed by atoms with Crippen LogP contribution in [0.1, 0.15) is 44.3 Å². The van der Waals surface area contributed by atoms with E-state index < -0.39 is 0 Å². The van der Waals surface area contributed by atoms with Crippen LogP contribution in [0.2, 0.25) is 0 Å². The van der Waals surface area contributed by atoms with Crippen LogP contribution < -0.4 is 5.32 Å². The zero-order valence-corrected chi connectivity index (χ0v) is 13.1. The van der Waals surface area contributed by atoms with Gasteiger partial charge in [0.1, 0.15) is 5.76 Å². The molecule has 2 aliphatic rings. The predicted octanol–water partition coefficient (Wildman–Crippen LogP) is 2.79. The summed E-state index contributed by atoms with van der Waals surface area (Å²) < 4.78 is 10.9. The Bertz CT molecular complexity index is 404. The molecule has 0 bridgehead atoms. The highest BCUT2D eigenvalue weighted by molar-refractivity contribution is 4.99. The quantitative estimate of drug-likeness (QED) is 0.875. The zero-order chi connectivity index (χ0) is 14.5. The van der Waals surface area contributed by atoms with Crippen LogP contribution >= 0.6 is 0 Å². The lowest BCUT2D eigenvalue weighted by molar-refractivity contribution is 0.0873. The smallest absolute Gasteiger partial charge is 0.117 e. The third-order valence-corrected chi connectivity index (χ3v) is 5.04. The van der Waals surface area contributed by atoms with E-state index in [1.165, 1.54) is 38.5 Å². The lowest BCUT2D eigenvalue weighted by Crippen LogP contribution is -2.54. The van der Waals surface area contributed by atoms with Crippen molar-refractivity contribution in [2.24, 2.45) is 0 Å². The van der Waals surface area contributed by atoms with Crippen LogP contribution in [0.4, 0.5) is 0 Å². The Balaban J connectivity index is 1.46. The summed E-state index contributed by atoms with van der Waals surface area (Å²) in [4.78, 5) is 2.49. The molecule has 1 aliphatic carbocycles. The van der Waals surface area contributed by atoms with Gasteiger partial charge in [-0.3, -0.25) is 4.90 Å². The number of methoxy groups -OCH3 is 1. The van der Waals surface area contributed by atoms with Crippen molar-refractivity contribution in [3.05, 3.63) is 24.2 Å². The van der Waals surface area contributed by atoms with E-state index in [4.69, 9.17) is 9.15 Å². The molecule has 1 N–H and O–H groups in total. The third-order valence-electron chi connectivity index (χ3n) is 5.04. The fraction of sp³-hybridized carbons (Fsp3) is 0.765. The number of hydrogen-bond donors (Lipinski definition) is 1. The first-order valence-electron chi connectivity index (χ1n) is 8.31. The molecule has 0 spiro atoms. The van der Waals surface area contributed by atoms with Gasteiger partial charge in [0.15, 0.2) is 0 Å². The summed E-state index contributed by atoms with van der Waals surface area (Å²) in [5.41, 5.74) is 0.253. The second-order valence-corrected chi connectivity index (χ2v) is 6.69. The van der Waals surface area contributed by atoms with Crippen LogP contribution in [0.3, 0.4) is 0 Å². The highest BCUT2D eigenvalue weighted by atomic mass is 16.5.